The molecular formula is C19H27Cl2N3O2S. The van der Waals surface area contributed by atoms with Gasteiger partial charge in [0, 0.05) is 29.6 Å². The molecule has 3 rings (SSSR count). The molecular weight excluding hydrogens is 405 g/mol. The first-order valence-electron chi connectivity index (χ1n) is 8.85. The van der Waals surface area contributed by atoms with Crippen molar-refractivity contribution in [3.05, 3.63) is 35.3 Å². The average Bonchev–Trinajstić information content (AvgIpc) is 3.12. The first-order chi connectivity index (χ1) is 12.1. The van der Waals surface area contributed by atoms with Crippen LogP contribution < -0.4 is 10.5 Å². The van der Waals surface area contributed by atoms with E-state index in [-0.39, 0.29) is 42.8 Å². The van der Waals surface area contributed by atoms with Crippen LogP contribution in [0.4, 0.5) is 0 Å². The maximum Gasteiger partial charge on any atom is 0.273 e. The number of likely N-dealkylation sites (tertiary alicyclic amines) is 1. The van der Waals surface area contributed by atoms with Crippen molar-refractivity contribution in [2.45, 2.75) is 45.2 Å². The van der Waals surface area contributed by atoms with Gasteiger partial charge in [0.05, 0.1) is 6.61 Å². The van der Waals surface area contributed by atoms with Crippen molar-refractivity contribution in [1.82, 2.24) is 9.88 Å². The van der Waals surface area contributed by atoms with Gasteiger partial charge in [0.2, 0.25) is 0 Å². The second-order valence-corrected chi connectivity index (χ2v) is 7.27. The summed E-state index contributed by atoms with van der Waals surface area (Å²) in [6.45, 7) is 5.35. The van der Waals surface area contributed by atoms with Crippen molar-refractivity contribution in [1.29, 1.82) is 0 Å². The number of nitrogens with two attached hydrogens (primary N) is 1. The number of piperidine rings is 1. The van der Waals surface area contributed by atoms with Gasteiger partial charge in [-0.2, -0.15) is 0 Å². The number of aromatic nitrogens is 1. The Morgan fingerprint density at radius 2 is 2.04 bits per heavy atom. The lowest BCUT2D eigenvalue weighted by Gasteiger charge is -2.37. The Labute approximate surface area is 177 Å². The molecule has 27 heavy (non-hydrogen) atoms. The van der Waals surface area contributed by atoms with Gasteiger partial charge in [-0.05, 0) is 57.4 Å². The summed E-state index contributed by atoms with van der Waals surface area (Å²) in [6.07, 6.45) is 3.13. The van der Waals surface area contributed by atoms with Gasteiger partial charge in [0.25, 0.3) is 5.91 Å². The van der Waals surface area contributed by atoms with E-state index in [0.717, 1.165) is 42.1 Å². The minimum Gasteiger partial charge on any atom is -0.494 e. The zero-order chi connectivity index (χ0) is 17.8. The number of carbonyl (C=O) groups excluding carboxylic acids is 1. The normalized spacial score (nSPS) is 17.4. The molecule has 2 aromatic rings. The van der Waals surface area contributed by atoms with Crippen LogP contribution in [0, 0.1) is 0 Å². The van der Waals surface area contributed by atoms with Crippen molar-refractivity contribution < 1.29 is 9.53 Å². The topological polar surface area (TPSA) is 68.5 Å². The molecule has 8 heteroatoms. The third kappa shape index (κ3) is 5.57. The summed E-state index contributed by atoms with van der Waals surface area (Å²) in [5.41, 5.74) is 7.60. The highest BCUT2D eigenvalue weighted by molar-refractivity contribution is 7.13. The fraction of sp³-hybridized carbons (Fsp3) is 0.474. The van der Waals surface area contributed by atoms with E-state index in [4.69, 9.17) is 10.5 Å². The predicted molar refractivity (Wildman–Crippen MR) is 116 cm³/mol. The number of hydrogen-bond acceptors (Lipinski definition) is 5. The number of halogens is 2. The Kier molecular flexibility index (Phi) is 9.53. The van der Waals surface area contributed by atoms with E-state index in [0.29, 0.717) is 12.3 Å². The highest BCUT2D eigenvalue weighted by Gasteiger charge is 2.30. The Morgan fingerprint density at radius 1 is 1.33 bits per heavy atom. The molecule has 1 aliphatic heterocycles. The average molecular weight is 432 g/mol. The highest BCUT2D eigenvalue weighted by Crippen LogP contribution is 2.28. The molecule has 1 amide bonds. The molecule has 150 valence electrons. The Bertz CT molecular complexity index is 722. The molecule has 1 fully saturated rings. The van der Waals surface area contributed by atoms with Crippen molar-refractivity contribution >= 4 is 42.1 Å². The lowest BCUT2D eigenvalue weighted by Crippen LogP contribution is -2.51. The Balaban J connectivity index is 0.00000182. The molecule has 1 saturated heterocycles. The fourth-order valence-electron chi connectivity index (χ4n) is 3.27. The minimum atomic E-state index is -0.0199. The van der Waals surface area contributed by atoms with Gasteiger partial charge >= 0.3 is 0 Å². The quantitative estimate of drug-likeness (QED) is 0.761. The van der Waals surface area contributed by atoms with E-state index in [2.05, 4.69) is 4.98 Å². The summed E-state index contributed by atoms with van der Waals surface area (Å²) < 4.78 is 5.46. The molecule has 1 aromatic heterocycles. The number of nitrogens with zero attached hydrogens (tertiary/aromatic N) is 2. The number of rotatable bonds is 5. The Morgan fingerprint density at radius 3 is 2.67 bits per heavy atom. The lowest BCUT2D eigenvalue weighted by molar-refractivity contribution is 0.0578. The van der Waals surface area contributed by atoms with Gasteiger partial charge in [-0.25, -0.2) is 4.98 Å². The van der Waals surface area contributed by atoms with Gasteiger partial charge in [-0.1, -0.05) is 0 Å². The van der Waals surface area contributed by atoms with Crippen LogP contribution in [0.3, 0.4) is 0 Å². The SMILES string of the molecule is CCOc1ccc(-c2nc(C(=O)N3CCCCC3C(C)N)cs2)cc1.Cl.Cl. The number of thiazole rings is 1. The molecule has 2 unspecified atom stereocenters. The van der Waals surface area contributed by atoms with Crippen LogP contribution in [0.5, 0.6) is 5.75 Å². The molecule has 1 aliphatic rings. The molecule has 2 N–H and O–H groups in total. The van der Waals surface area contributed by atoms with Crippen LogP contribution in [0.25, 0.3) is 10.6 Å². The third-order valence-electron chi connectivity index (χ3n) is 4.55. The van der Waals surface area contributed by atoms with Gasteiger partial charge in [0.15, 0.2) is 0 Å². The molecule has 2 heterocycles. The largest absolute Gasteiger partial charge is 0.494 e. The maximum absolute atomic E-state index is 12.9. The molecule has 1 aromatic carbocycles. The third-order valence-corrected chi connectivity index (χ3v) is 5.44. The summed E-state index contributed by atoms with van der Waals surface area (Å²) in [5.74, 6) is 0.836. The van der Waals surface area contributed by atoms with E-state index in [1.165, 1.54) is 11.3 Å². The van der Waals surface area contributed by atoms with Crippen LogP contribution in [0.1, 0.15) is 43.6 Å². The standard InChI is InChI=1S/C19H25N3O2S.2ClH/c1-3-24-15-9-7-14(8-10-15)18-21-16(12-25-18)19(23)22-11-5-4-6-17(22)13(2)20;;/h7-10,12-13,17H,3-6,11,20H2,1-2H3;2*1H. The first kappa shape index (κ1) is 23.7. The zero-order valence-electron chi connectivity index (χ0n) is 15.6. The second kappa shape index (κ2) is 10.9. The van der Waals surface area contributed by atoms with E-state index in [9.17, 15) is 4.79 Å². The number of amides is 1. The van der Waals surface area contributed by atoms with Crippen LogP contribution in [0.2, 0.25) is 0 Å². The van der Waals surface area contributed by atoms with E-state index in [1.54, 1.807) is 0 Å². The summed E-state index contributed by atoms with van der Waals surface area (Å²) in [5, 5.41) is 2.70. The summed E-state index contributed by atoms with van der Waals surface area (Å²) in [4.78, 5) is 19.4. The molecule has 0 aliphatic carbocycles. The number of ether oxygens (including phenoxy) is 1. The smallest absolute Gasteiger partial charge is 0.273 e. The second-order valence-electron chi connectivity index (χ2n) is 6.42. The lowest BCUT2D eigenvalue weighted by atomic mass is 9.96. The maximum atomic E-state index is 12.9. The molecule has 0 saturated carbocycles. The van der Waals surface area contributed by atoms with Gasteiger partial charge in [-0.3, -0.25) is 4.79 Å². The zero-order valence-corrected chi connectivity index (χ0v) is 18.0. The van der Waals surface area contributed by atoms with Gasteiger partial charge in [-0.15, -0.1) is 36.2 Å². The summed E-state index contributed by atoms with van der Waals surface area (Å²) in [7, 11) is 0. The van der Waals surface area contributed by atoms with E-state index >= 15 is 0 Å². The minimum absolute atomic E-state index is 0. The molecule has 2 atom stereocenters. The molecule has 0 bridgehead atoms. The number of hydrogen-bond donors (Lipinski definition) is 1. The predicted octanol–water partition coefficient (Wildman–Crippen LogP) is 4.39. The molecule has 0 spiro atoms. The number of benzene rings is 1. The highest BCUT2D eigenvalue weighted by atomic mass is 35.5. The van der Waals surface area contributed by atoms with Crippen LogP contribution in [-0.4, -0.2) is 41.0 Å². The molecule has 0 radical (unpaired) electrons. The van der Waals surface area contributed by atoms with E-state index in [1.807, 2.05) is 48.4 Å². The first-order valence-corrected chi connectivity index (χ1v) is 9.73. The van der Waals surface area contributed by atoms with Crippen molar-refractivity contribution in [2.75, 3.05) is 13.2 Å². The number of carbonyl (C=O) groups is 1. The van der Waals surface area contributed by atoms with Crippen molar-refractivity contribution in [3.8, 4) is 16.3 Å². The van der Waals surface area contributed by atoms with Crippen molar-refractivity contribution in [2.24, 2.45) is 5.73 Å². The Hall–Kier alpha value is -1.34. The molecule has 5 nitrogen and oxygen atoms in total. The van der Waals surface area contributed by atoms with Crippen LogP contribution in [-0.2, 0) is 0 Å². The summed E-state index contributed by atoms with van der Waals surface area (Å²) in [6, 6.07) is 7.90. The fourth-order valence-corrected chi connectivity index (χ4v) is 4.07. The van der Waals surface area contributed by atoms with Crippen LogP contribution in [0.15, 0.2) is 29.6 Å². The summed E-state index contributed by atoms with van der Waals surface area (Å²) >= 11 is 1.49. The van der Waals surface area contributed by atoms with Crippen molar-refractivity contribution in [3.63, 3.8) is 0 Å². The van der Waals surface area contributed by atoms with Crippen LogP contribution >= 0.6 is 36.2 Å². The van der Waals surface area contributed by atoms with Gasteiger partial charge in [0.1, 0.15) is 16.5 Å². The van der Waals surface area contributed by atoms with E-state index < -0.39 is 0 Å². The monoisotopic (exact) mass is 431 g/mol. The van der Waals surface area contributed by atoms with Gasteiger partial charge < -0.3 is 15.4 Å².